The predicted octanol–water partition coefficient (Wildman–Crippen LogP) is 1.37. The fourth-order valence-corrected chi connectivity index (χ4v) is 4.57. The second-order valence-corrected chi connectivity index (χ2v) is 7.91. The Morgan fingerprint density at radius 1 is 1.31 bits per heavy atom. The highest BCUT2D eigenvalue weighted by molar-refractivity contribution is 5.90. The molecule has 2 aromatic heterocycles. The van der Waals surface area contributed by atoms with E-state index in [0.717, 1.165) is 32.1 Å². The summed E-state index contributed by atoms with van der Waals surface area (Å²) in [6.07, 6.45) is 7.98. The van der Waals surface area contributed by atoms with Crippen molar-refractivity contribution < 1.29 is 19.1 Å². The number of carbonyl (C=O) groups excluding carboxylic acids is 2. The minimum Gasteiger partial charge on any atom is -0.463 e. The lowest BCUT2D eigenvalue weighted by molar-refractivity contribution is -0.143. The van der Waals surface area contributed by atoms with E-state index in [1.807, 2.05) is 0 Å². The second-order valence-electron chi connectivity index (χ2n) is 7.91. The Balaban J connectivity index is 1.65. The molecular formula is C20H27N5O4. The number of carbonyl (C=O) groups is 2. The number of likely N-dealkylation sites (tertiary alicyclic amines) is 1. The summed E-state index contributed by atoms with van der Waals surface area (Å²) < 4.78 is 7.01. The molecule has 2 fully saturated rings. The van der Waals surface area contributed by atoms with Crippen LogP contribution in [-0.4, -0.2) is 62.6 Å². The first kappa shape index (κ1) is 19.6. The van der Waals surface area contributed by atoms with Crippen LogP contribution in [0.4, 0.5) is 0 Å². The van der Waals surface area contributed by atoms with Crippen molar-refractivity contribution in [1.82, 2.24) is 25.2 Å². The molecule has 2 amide bonds. The van der Waals surface area contributed by atoms with Gasteiger partial charge in [0.1, 0.15) is 17.8 Å². The van der Waals surface area contributed by atoms with E-state index >= 15 is 0 Å². The van der Waals surface area contributed by atoms with Crippen molar-refractivity contribution in [3.63, 3.8) is 0 Å². The van der Waals surface area contributed by atoms with Crippen LogP contribution < -0.4 is 5.32 Å². The molecule has 9 nitrogen and oxygen atoms in total. The van der Waals surface area contributed by atoms with Crippen LogP contribution in [0.2, 0.25) is 0 Å². The highest BCUT2D eigenvalue weighted by Crippen LogP contribution is 2.36. The Hall–Kier alpha value is -2.68. The van der Waals surface area contributed by atoms with Crippen molar-refractivity contribution in [2.24, 2.45) is 5.92 Å². The van der Waals surface area contributed by atoms with Crippen LogP contribution >= 0.6 is 0 Å². The molecule has 0 aromatic carbocycles. The largest absolute Gasteiger partial charge is 0.463 e. The number of nitrogens with one attached hydrogen (secondary N) is 1. The van der Waals surface area contributed by atoms with Gasteiger partial charge in [-0.05, 0) is 30.9 Å². The van der Waals surface area contributed by atoms with Gasteiger partial charge in [-0.1, -0.05) is 24.5 Å². The maximum Gasteiger partial charge on any atom is 0.248 e. The van der Waals surface area contributed by atoms with Gasteiger partial charge in [0.05, 0.1) is 18.6 Å². The van der Waals surface area contributed by atoms with E-state index in [2.05, 4.69) is 15.6 Å². The van der Waals surface area contributed by atoms with Gasteiger partial charge in [0.2, 0.25) is 11.8 Å². The van der Waals surface area contributed by atoms with E-state index in [-0.39, 0.29) is 30.7 Å². The molecule has 0 radical (unpaired) electrons. The summed E-state index contributed by atoms with van der Waals surface area (Å²) in [5.74, 6) is 0.265. The van der Waals surface area contributed by atoms with Crippen molar-refractivity contribution in [1.29, 1.82) is 0 Å². The van der Waals surface area contributed by atoms with E-state index in [9.17, 15) is 14.7 Å². The van der Waals surface area contributed by atoms with Crippen molar-refractivity contribution in [2.75, 3.05) is 13.6 Å². The summed E-state index contributed by atoms with van der Waals surface area (Å²) in [6, 6.07) is 2.35. The molecule has 4 rings (SSSR count). The summed E-state index contributed by atoms with van der Waals surface area (Å²) in [4.78, 5) is 27.5. The zero-order valence-corrected chi connectivity index (χ0v) is 16.5. The van der Waals surface area contributed by atoms with Gasteiger partial charge in [0.25, 0.3) is 0 Å². The lowest BCUT2D eigenvalue weighted by atomic mass is 9.83. The zero-order valence-electron chi connectivity index (χ0n) is 16.5. The maximum atomic E-state index is 13.6. The minimum atomic E-state index is -0.706. The highest BCUT2D eigenvalue weighted by Gasteiger charge is 2.44. The van der Waals surface area contributed by atoms with E-state index in [1.54, 1.807) is 36.3 Å². The Labute approximate surface area is 169 Å². The monoisotopic (exact) mass is 401 g/mol. The molecule has 156 valence electrons. The van der Waals surface area contributed by atoms with Gasteiger partial charge in [0.15, 0.2) is 5.76 Å². The SMILES string of the molecule is CNC(=O)C1CC(O)CN1C(=O)[C@H](C1CCCCC1)n1cc(-c2ccco2)nn1. The Morgan fingerprint density at radius 3 is 2.79 bits per heavy atom. The van der Waals surface area contributed by atoms with E-state index < -0.39 is 18.2 Å². The van der Waals surface area contributed by atoms with Gasteiger partial charge < -0.3 is 19.7 Å². The first-order valence-corrected chi connectivity index (χ1v) is 10.2. The number of nitrogens with zero attached hydrogens (tertiary/aromatic N) is 4. The van der Waals surface area contributed by atoms with Crippen molar-refractivity contribution in [3.05, 3.63) is 24.6 Å². The van der Waals surface area contributed by atoms with Crippen LogP contribution in [0, 0.1) is 5.92 Å². The van der Waals surface area contributed by atoms with Crippen molar-refractivity contribution in [3.8, 4) is 11.5 Å². The quantitative estimate of drug-likeness (QED) is 0.782. The maximum absolute atomic E-state index is 13.6. The Bertz CT molecular complexity index is 843. The second kappa shape index (κ2) is 8.36. The third-order valence-corrected chi connectivity index (χ3v) is 6.03. The van der Waals surface area contributed by atoms with E-state index in [4.69, 9.17) is 4.42 Å². The molecular weight excluding hydrogens is 374 g/mol. The average molecular weight is 401 g/mol. The molecule has 0 bridgehead atoms. The van der Waals surface area contributed by atoms with Crippen LogP contribution in [0.1, 0.15) is 44.6 Å². The lowest BCUT2D eigenvalue weighted by Gasteiger charge is -2.33. The summed E-state index contributed by atoms with van der Waals surface area (Å²) in [5.41, 5.74) is 0.563. The fourth-order valence-electron chi connectivity index (χ4n) is 4.57. The van der Waals surface area contributed by atoms with Gasteiger partial charge in [-0.15, -0.1) is 5.10 Å². The molecule has 0 spiro atoms. The lowest BCUT2D eigenvalue weighted by Crippen LogP contribution is -2.49. The molecule has 3 atom stereocenters. The van der Waals surface area contributed by atoms with E-state index in [0.29, 0.717) is 11.5 Å². The first-order valence-electron chi connectivity index (χ1n) is 10.2. The number of aliphatic hydroxyl groups is 1. The Morgan fingerprint density at radius 2 is 2.10 bits per heavy atom. The molecule has 2 aliphatic rings. The Kier molecular flexibility index (Phi) is 5.66. The molecule has 2 aromatic rings. The number of likely N-dealkylation sites (N-methyl/N-ethyl adjacent to an activating group) is 1. The third kappa shape index (κ3) is 3.91. The number of aliphatic hydroxyl groups excluding tert-OH is 1. The molecule has 1 saturated carbocycles. The van der Waals surface area contributed by atoms with Gasteiger partial charge in [0, 0.05) is 20.0 Å². The molecule has 1 aliphatic carbocycles. The van der Waals surface area contributed by atoms with Crippen LogP contribution in [0.5, 0.6) is 0 Å². The van der Waals surface area contributed by atoms with Crippen molar-refractivity contribution in [2.45, 2.75) is 56.7 Å². The zero-order chi connectivity index (χ0) is 20.4. The van der Waals surface area contributed by atoms with Crippen LogP contribution in [0.15, 0.2) is 29.0 Å². The van der Waals surface area contributed by atoms with Gasteiger partial charge >= 0.3 is 0 Å². The summed E-state index contributed by atoms with van der Waals surface area (Å²) >= 11 is 0. The van der Waals surface area contributed by atoms with Gasteiger partial charge in [-0.3, -0.25) is 9.59 Å². The topological polar surface area (TPSA) is 113 Å². The van der Waals surface area contributed by atoms with Crippen LogP contribution in [0.25, 0.3) is 11.5 Å². The molecule has 2 unspecified atom stereocenters. The van der Waals surface area contributed by atoms with Crippen LogP contribution in [0.3, 0.4) is 0 Å². The molecule has 1 saturated heterocycles. The average Bonchev–Trinajstić information content (AvgIpc) is 3.49. The standard InChI is InChI=1S/C20H27N5O4/c1-21-19(27)16-10-14(26)11-24(16)20(28)18(13-6-3-2-4-7-13)25-12-15(22-23-25)17-8-5-9-29-17/h5,8-9,12-14,16,18,26H,2-4,6-7,10-11H2,1H3,(H,21,27)/t14?,16?,18-/m0/s1. The number of amides is 2. The fraction of sp³-hybridized carbons (Fsp3) is 0.600. The van der Waals surface area contributed by atoms with Gasteiger partial charge in [-0.25, -0.2) is 4.68 Å². The molecule has 2 N–H and O–H groups in total. The number of β-amino-alcohol motifs (C(OH)–C–C–N with tert-alkyl or cyclic N) is 1. The first-order chi connectivity index (χ1) is 14.1. The highest BCUT2D eigenvalue weighted by atomic mass is 16.3. The molecule has 29 heavy (non-hydrogen) atoms. The molecule has 9 heteroatoms. The normalized spacial score (nSPS) is 23.9. The number of hydrogen-bond acceptors (Lipinski definition) is 6. The number of furan rings is 1. The number of hydrogen-bond donors (Lipinski definition) is 2. The minimum absolute atomic E-state index is 0.116. The predicted molar refractivity (Wildman–Crippen MR) is 104 cm³/mol. The number of aromatic nitrogens is 3. The van der Waals surface area contributed by atoms with E-state index in [1.165, 1.54) is 4.90 Å². The molecule has 1 aliphatic heterocycles. The molecule has 3 heterocycles. The summed E-state index contributed by atoms with van der Waals surface area (Å²) in [7, 11) is 1.54. The van der Waals surface area contributed by atoms with Crippen LogP contribution in [-0.2, 0) is 9.59 Å². The number of rotatable bonds is 5. The van der Waals surface area contributed by atoms with Gasteiger partial charge in [-0.2, -0.15) is 0 Å². The summed E-state index contributed by atoms with van der Waals surface area (Å²) in [5, 5.41) is 21.2. The third-order valence-electron chi connectivity index (χ3n) is 6.03. The smallest absolute Gasteiger partial charge is 0.248 e. The van der Waals surface area contributed by atoms with Crippen molar-refractivity contribution >= 4 is 11.8 Å². The summed E-state index contributed by atoms with van der Waals surface area (Å²) in [6.45, 7) is 0.153.